The molecule has 0 radical (unpaired) electrons. The zero-order valence-corrected chi connectivity index (χ0v) is 7.91. The standard InChI is InChI=1S/C5H10N2O3.2ClH/c6-10-5(1-4(8)9)2-7-3-5;;/h7H,1-3,6H2,(H,8,9);2*1H. The predicted molar refractivity (Wildman–Crippen MR) is 47.6 cm³/mol. The number of rotatable bonds is 3. The van der Waals surface area contributed by atoms with Crippen molar-refractivity contribution in [2.75, 3.05) is 13.1 Å². The molecule has 1 heterocycles. The third-order valence-electron chi connectivity index (χ3n) is 1.62. The summed E-state index contributed by atoms with van der Waals surface area (Å²) in [4.78, 5) is 14.7. The van der Waals surface area contributed by atoms with Crippen LogP contribution in [0.5, 0.6) is 0 Å². The van der Waals surface area contributed by atoms with Gasteiger partial charge in [-0.3, -0.25) is 9.63 Å². The summed E-state index contributed by atoms with van der Waals surface area (Å²) in [5.41, 5.74) is -0.647. The molecule has 7 heteroatoms. The highest BCUT2D eigenvalue weighted by Gasteiger charge is 2.40. The molecule has 12 heavy (non-hydrogen) atoms. The smallest absolute Gasteiger partial charge is 0.306 e. The second kappa shape index (κ2) is 5.55. The van der Waals surface area contributed by atoms with Crippen LogP contribution in [0.2, 0.25) is 0 Å². The van der Waals surface area contributed by atoms with Crippen molar-refractivity contribution in [2.24, 2.45) is 5.90 Å². The topological polar surface area (TPSA) is 84.6 Å². The minimum Gasteiger partial charge on any atom is -0.481 e. The molecule has 0 aromatic carbocycles. The fourth-order valence-corrected chi connectivity index (χ4v) is 0.929. The van der Waals surface area contributed by atoms with Crippen molar-refractivity contribution in [3.63, 3.8) is 0 Å². The van der Waals surface area contributed by atoms with E-state index >= 15 is 0 Å². The Morgan fingerprint density at radius 3 is 2.17 bits per heavy atom. The minimum atomic E-state index is -0.882. The van der Waals surface area contributed by atoms with Gasteiger partial charge in [-0.05, 0) is 0 Å². The van der Waals surface area contributed by atoms with Crippen LogP contribution in [0, 0.1) is 0 Å². The average Bonchev–Trinajstić information content (AvgIpc) is 1.78. The van der Waals surface area contributed by atoms with Crippen LogP contribution in [0.25, 0.3) is 0 Å². The molecule has 1 rings (SSSR count). The number of nitrogens with two attached hydrogens (primary N) is 1. The molecular formula is C5H12Cl2N2O3. The molecule has 74 valence electrons. The maximum Gasteiger partial charge on any atom is 0.306 e. The summed E-state index contributed by atoms with van der Waals surface area (Å²) < 4.78 is 0. The van der Waals surface area contributed by atoms with Crippen molar-refractivity contribution in [1.29, 1.82) is 0 Å². The van der Waals surface area contributed by atoms with Gasteiger partial charge in [0.25, 0.3) is 0 Å². The molecule has 0 amide bonds. The van der Waals surface area contributed by atoms with Gasteiger partial charge in [0.1, 0.15) is 5.60 Å². The fraction of sp³-hybridized carbons (Fsp3) is 0.800. The quantitative estimate of drug-likeness (QED) is 0.559. The monoisotopic (exact) mass is 218 g/mol. The van der Waals surface area contributed by atoms with Crippen LogP contribution in [0.15, 0.2) is 0 Å². The Bertz CT molecular complexity index is 146. The Balaban J connectivity index is 0. The molecule has 0 saturated carbocycles. The summed E-state index contributed by atoms with van der Waals surface area (Å²) in [7, 11) is 0. The summed E-state index contributed by atoms with van der Waals surface area (Å²) >= 11 is 0. The number of carbonyl (C=O) groups is 1. The summed E-state index contributed by atoms with van der Waals surface area (Å²) in [5, 5.41) is 11.3. The lowest BCUT2D eigenvalue weighted by Crippen LogP contribution is -2.63. The van der Waals surface area contributed by atoms with E-state index < -0.39 is 11.6 Å². The molecule has 1 aliphatic heterocycles. The van der Waals surface area contributed by atoms with Crippen molar-refractivity contribution in [2.45, 2.75) is 12.0 Å². The SMILES string of the molecule is Cl.Cl.NOC1(CC(=O)O)CNC1. The lowest BCUT2D eigenvalue weighted by atomic mass is 9.93. The molecule has 1 saturated heterocycles. The average molecular weight is 219 g/mol. The van der Waals surface area contributed by atoms with Crippen molar-refractivity contribution >= 4 is 30.8 Å². The van der Waals surface area contributed by atoms with E-state index in [2.05, 4.69) is 10.2 Å². The van der Waals surface area contributed by atoms with Crippen molar-refractivity contribution in [1.82, 2.24) is 5.32 Å². The Kier molecular flexibility index (Phi) is 6.69. The van der Waals surface area contributed by atoms with E-state index in [1.165, 1.54) is 0 Å². The first-order valence-electron chi connectivity index (χ1n) is 2.99. The second-order valence-electron chi connectivity index (χ2n) is 2.47. The molecule has 0 aliphatic carbocycles. The van der Waals surface area contributed by atoms with Gasteiger partial charge in [0.15, 0.2) is 0 Å². The molecule has 0 unspecified atom stereocenters. The number of hydrogen-bond donors (Lipinski definition) is 3. The number of carboxylic acids is 1. The first kappa shape index (κ1) is 14.5. The molecule has 1 aliphatic rings. The third-order valence-corrected chi connectivity index (χ3v) is 1.62. The number of halogens is 2. The van der Waals surface area contributed by atoms with Crippen LogP contribution in [-0.2, 0) is 9.63 Å². The predicted octanol–water partition coefficient (Wildman–Crippen LogP) is -0.463. The molecule has 0 atom stereocenters. The molecular weight excluding hydrogens is 207 g/mol. The third kappa shape index (κ3) is 3.12. The lowest BCUT2D eigenvalue weighted by Gasteiger charge is -2.38. The molecule has 4 N–H and O–H groups in total. The zero-order chi connectivity index (χ0) is 7.61. The van der Waals surface area contributed by atoms with Crippen LogP contribution >= 0.6 is 24.8 Å². The largest absolute Gasteiger partial charge is 0.481 e. The van der Waals surface area contributed by atoms with Crippen LogP contribution in [0.1, 0.15) is 6.42 Å². The molecule has 0 spiro atoms. The van der Waals surface area contributed by atoms with Gasteiger partial charge < -0.3 is 10.4 Å². The van der Waals surface area contributed by atoms with Gasteiger partial charge in [-0.25, -0.2) is 5.90 Å². The summed E-state index contributed by atoms with van der Waals surface area (Å²) in [6, 6.07) is 0. The van der Waals surface area contributed by atoms with Gasteiger partial charge in [0.05, 0.1) is 6.42 Å². The van der Waals surface area contributed by atoms with Gasteiger partial charge in [-0.2, -0.15) is 0 Å². The van der Waals surface area contributed by atoms with Crippen molar-refractivity contribution in [3.05, 3.63) is 0 Å². The zero-order valence-electron chi connectivity index (χ0n) is 6.28. The van der Waals surface area contributed by atoms with Gasteiger partial charge in [0.2, 0.25) is 0 Å². The van der Waals surface area contributed by atoms with E-state index in [-0.39, 0.29) is 31.2 Å². The number of hydrogen-bond acceptors (Lipinski definition) is 4. The number of nitrogens with one attached hydrogen (secondary N) is 1. The minimum absolute atomic E-state index is 0. The van der Waals surface area contributed by atoms with E-state index in [4.69, 9.17) is 11.0 Å². The number of carboxylic acid groups (broad SMARTS) is 1. The first-order valence-corrected chi connectivity index (χ1v) is 2.99. The molecule has 0 bridgehead atoms. The highest BCUT2D eigenvalue weighted by Crippen LogP contribution is 2.18. The fourth-order valence-electron chi connectivity index (χ4n) is 0.929. The maximum atomic E-state index is 10.2. The summed E-state index contributed by atoms with van der Waals surface area (Å²) in [6.07, 6.45) is -0.0312. The van der Waals surface area contributed by atoms with E-state index in [9.17, 15) is 4.79 Å². The number of aliphatic carboxylic acids is 1. The second-order valence-corrected chi connectivity index (χ2v) is 2.47. The summed E-state index contributed by atoms with van der Waals surface area (Å²) in [6.45, 7) is 1.05. The molecule has 1 fully saturated rings. The molecule has 0 aromatic rings. The van der Waals surface area contributed by atoms with Gasteiger partial charge >= 0.3 is 5.97 Å². The first-order chi connectivity index (χ1) is 4.68. The lowest BCUT2D eigenvalue weighted by molar-refractivity contribution is -0.151. The van der Waals surface area contributed by atoms with Crippen LogP contribution in [-0.4, -0.2) is 29.8 Å². The van der Waals surface area contributed by atoms with Gasteiger partial charge in [-0.1, -0.05) is 0 Å². The van der Waals surface area contributed by atoms with Crippen LogP contribution < -0.4 is 11.2 Å². The van der Waals surface area contributed by atoms with E-state index in [1.54, 1.807) is 0 Å². The molecule has 5 nitrogen and oxygen atoms in total. The summed E-state index contributed by atoms with van der Waals surface area (Å²) in [5.74, 6) is 4.03. The maximum absolute atomic E-state index is 10.2. The Hall–Kier alpha value is -0.0700. The highest BCUT2D eigenvalue weighted by molar-refractivity contribution is 5.85. The Morgan fingerprint density at radius 2 is 2.08 bits per heavy atom. The van der Waals surface area contributed by atoms with Crippen molar-refractivity contribution < 1.29 is 14.7 Å². The van der Waals surface area contributed by atoms with Gasteiger partial charge in [0, 0.05) is 13.1 Å². The van der Waals surface area contributed by atoms with E-state index in [1.807, 2.05) is 0 Å². The Morgan fingerprint density at radius 1 is 1.58 bits per heavy atom. The van der Waals surface area contributed by atoms with E-state index in [0.717, 1.165) is 0 Å². The van der Waals surface area contributed by atoms with Crippen LogP contribution in [0.4, 0.5) is 0 Å². The normalized spacial score (nSPS) is 18.1. The van der Waals surface area contributed by atoms with Crippen molar-refractivity contribution in [3.8, 4) is 0 Å². The Labute approximate surface area is 82.4 Å². The molecule has 0 aromatic heterocycles. The van der Waals surface area contributed by atoms with Gasteiger partial charge in [-0.15, -0.1) is 24.8 Å². The van der Waals surface area contributed by atoms with E-state index in [0.29, 0.717) is 13.1 Å². The van der Waals surface area contributed by atoms with Crippen LogP contribution in [0.3, 0.4) is 0 Å². The highest BCUT2D eigenvalue weighted by atomic mass is 35.5.